The molecule has 1 N–H and O–H groups in total. The fraction of sp³-hybridized carbons (Fsp3) is 0.111. The van der Waals surface area contributed by atoms with Gasteiger partial charge in [0.25, 0.3) is 5.91 Å². The normalized spacial score (nSPS) is 11.4. The van der Waals surface area contributed by atoms with Crippen molar-refractivity contribution in [2.75, 3.05) is 11.6 Å². The van der Waals surface area contributed by atoms with E-state index in [1.165, 1.54) is 23.1 Å². The Bertz CT molecular complexity index is 906. The van der Waals surface area contributed by atoms with Crippen molar-refractivity contribution >= 4 is 34.0 Å². The Labute approximate surface area is 156 Å². The number of amides is 1. The van der Waals surface area contributed by atoms with Crippen LogP contribution in [0, 0.1) is 0 Å². The topological polar surface area (TPSA) is 42.0 Å². The molecule has 0 fully saturated rings. The van der Waals surface area contributed by atoms with Gasteiger partial charge in [0.15, 0.2) is 4.34 Å². The smallest absolute Gasteiger partial charge is 0.312 e. The van der Waals surface area contributed by atoms with Gasteiger partial charge in [-0.2, -0.15) is 13.2 Å². The molecule has 0 aliphatic carbocycles. The molecule has 0 radical (unpaired) electrons. The molecule has 3 rings (SSSR count). The Morgan fingerprint density at radius 2 is 1.73 bits per heavy atom. The van der Waals surface area contributed by atoms with Crippen molar-refractivity contribution in [1.82, 2.24) is 4.98 Å². The Kier molecular flexibility index (Phi) is 5.33. The number of nitrogens with zero attached hydrogens (tertiary/aromatic N) is 1. The quantitative estimate of drug-likeness (QED) is 0.569. The number of aromatic nitrogens is 1. The summed E-state index contributed by atoms with van der Waals surface area (Å²) in [7, 11) is 0. The molecule has 0 unspecified atom stereocenters. The second kappa shape index (κ2) is 7.51. The summed E-state index contributed by atoms with van der Waals surface area (Å²) in [5.74, 6) is -0.479. The van der Waals surface area contributed by atoms with Crippen LogP contribution < -0.4 is 5.32 Å². The maximum Gasteiger partial charge on any atom is 0.416 e. The first-order valence-electron chi connectivity index (χ1n) is 7.47. The third-order valence-corrected chi connectivity index (χ3v) is 5.49. The number of halogens is 3. The van der Waals surface area contributed by atoms with Crippen LogP contribution >= 0.6 is 23.1 Å². The fourth-order valence-corrected chi connectivity index (χ4v) is 3.73. The molecule has 0 saturated heterocycles. The molecule has 134 valence electrons. The van der Waals surface area contributed by atoms with Gasteiger partial charge in [-0.3, -0.25) is 4.79 Å². The molecule has 3 nitrogen and oxygen atoms in total. The van der Waals surface area contributed by atoms with E-state index in [2.05, 4.69) is 10.3 Å². The van der Waals surface area contributed by atoms with Gasteiger partial charge in [0.1, 0.15) is 10.7 Å². The van der Waals surface area contributed by atoms with Crippen LogP contribution in [0.4, 0.5) is 18.2 Å². The number of anilines is 1. The van der Waals surface area contributed by atoms with Crippen molar-refractivity contribution < 1.29 is 18.0 Å². The van der Waals surface area contributed by atoms with Gasteiger partial charge >= 0.3 is 6.18 Å². The van der Waals surface area contributed by atoms with Crippen LogP contribution in [0.5, 0.6) is 0 Å². The first-order valence-corrected chi connectivity index (χ1v) is 9.51. The van der Waals surface area contributed by atoms with E-state index in [1.807, 2.05) is 36.6 Å². The first-order chi connectivity index (χ1) is 12.4. The van der Waals surface area contributed by atoms with Gasteiger partial charge in [0.2, 0.25) is 0 Å². The zero-order valence-corrected chi connectivity index (χ0v) is 15.1. The monoisotopic (exact) mass is 394 g/mol. The lowest BCUT2D eigenvalue weighted by molar-refractivity contribution is -0.137. The van der Waals surface area contributed by atoms with Crippen molar-refractivity contribution in [3.8, 4) is 11.3 Å². The molecule has 3 aromatic rings. The third kappa shape index (κ3) is 4.08. The van der Waals surface area contributed by atoms with Gasteiger partial charge in [-0.1, -0.05) is 53.4 Å². The lowest BCUT2D eigenvalue weighted by Gasteiger charge is -2.08. The average molecular weight is 394 g/mol. The van der Waals surface area contributed by atoms with E-state index in [-0.39, 0.29) is 5.56 Å². The summed E-state index contributed by atoms with van der Waals surface area (Å²) in [5.41, 5.74) is 0.851. The second-order valence-corrected chi connectivity index (χ2v) is 7.31. The van der Waals surface area contributed by atoms with E-state index in [0.29, 0.717) is 10.7 Å². The summed E-state index contributed by atoms with van der Waals surface area (Å²) in [4.78, 5) is 16.9. The molecule has 0 aliphatic rings. The highest BCUT2D eigenvalue weighted by atomic mass is 32.2. The first kappa shape index (κ1) is 18.5. The zero-order chi connectivity index (χ0) is 18.7. The molecular weight excluding hydrogens is 381 g/mol. The fourth-order valence-electron chi connectivity index (χ4n) is 2.25. The lowest BCUT2D eigenvalue weighted by Crippen LogP contribution is -2.12. The highest BCUT2D eigenvalue weighted by Gasteiger charge is 2.30. The van der Waals surface area contributed by atoms with Crippen LogP contribution in [0.15, 0.2) is 58.9 Å². The molecule has 0 atom stereocenters. The Balaban J connectivity index is 1.87. The SMILES string of the molecule is CSc1nc(-c2ccccc2)c(NC(=O)c2ccc(C(F)(F)F)cc2)s1. The standard InChI is InChI=1S/C18H13F3N2OS2/c1-25-17-22-14(11-5-3-2-4-6-11)16(26-17)23-15(24)12-7-9-13(10-8-12)18(19,20)21/h2-10H,1H3,(H,23,24). The summed E-state index contributed by atoms with van der Waals surface area (Å²) in [6, 6.07) is 13.5. The van der Waals surface area contributed by atoms with Gasteiger partial charge < -0.3 is 5.32 Å². The highest BCUT2D eigenvalue weighted by Crippen LogP contribution is 2.37. The number of benzene rings is 2. The molecule has 1 heterocycles. The van der Waals surface area contributed by atoms with Crippen LogP contribution in [0.1, 0.15) is 15.9 Å². The summed E-state index contributed by atoms with van der Waals surface area (Å²) < 4.78 is 38.7. The van der Waals surface area contributed by atoms with Crippen LogP contribution in [-0.2, 0) is 6.18 Å². The summed E-state index contributed by atoms with van der Waals surface area (Å²) in [5, 5.41) is 3.32. The average Bonchev–Trinajstić information content (AvgIpc) is 3.05. The third-order valence-electron chi connectivity index (χ3n) is 3.53. The molecule has 1 amide bonds. The Hall–Kier alpha value is -2.32. The molecule has 2 aromatic carbocycles. The van der Waals surface area contributed by atoms with E-state index in [4.69, 9.17) is 0 Å². The van der Waals surface area contributed by atoms with E-state index < -0.39 is 17.6 Å². The molecule has 0 bridgehead atoms. The predicted molar refractivity (Wildman–Crippen MR) is 98.7 cm³/mol. The van der Waals surface area contributed by atoms with Gasteiger partial charge in [0, 0.05) is 11.1 Å². The molecule has 26 heavy (non-hydrogen) atoms. The van der Waals surface area contributed by atoms with Crippen molar-refractivity contribution in [3.63, 3.8) is 0 Å². The summed E-state index contributed by atoms with van der Waals surface area (Å²) in [6.45, 7) is 0. The minimum atomic E-state index is -4.43. The number of alkyl halides is 3. The van der Waals surface area contributed by atoms with E-state index in [0.717, 1.165) is 34.2 Å². The summed E-state index contributed by atoms with van der Waals surface area (Å²) in [6.07, 6.45) is -2.55. The van der Waals surface area contributed by atoms with Gasteiger partial charge in [-0.05, 0) is 30.5 Å². The van der Waals surface area contributed by atoms with E-state index in [9.17, 15) is 18.0 Å². The van der Waals surface area contributed by atoms with Crippen LogP contribution in [0.2, 0.25) is 0 Å². The minimum Gasteiger partial charge on any atom is -0.312 e. The number of carbonyl (C=O) groups is 1. The largest absolute Gasteiger partial charge is 0.416 e. The molecule has 0 spiro atoms. The number of carbonyl (C=O) groups excluding carboxylic acids is 1. The van der Waals surface area contributed by atoms with Crippen molar-refractivity contribution in [3.05, 3.63) is 65.7 Å². The summed E-state index contributed by atoms with van der Waals surface area (Å²) >= 11 is 2.78. The second-order valence-electron chi connectivity index (χ2n) is 5.26. The van der Waals surface area contributed by atoms with Crippen molar-refractivity contribution in [2.24, 2.45) is 0 Å². The number of rotatable bonds is 4. The molecular formula is C18H13F3N2OS2. The maximum atomic E-state index is 12.6. The Morgan fingerprint density at radius 1 is 1.08 bits per heavy atom. The minimum absolute atomic E-state index is 0.149. The van der Waals surface area contributed by atoms with Gasteiger partial charge in [-0.25, -0.2) is 4.98 Å². The van der Waals surface area contributed by atoms with Crippen LogP contribution in [-0.4, -0.2) is 17.1 Å². The number of hydrogen-bond acceptors (Lipinski definition) is 4. The Morgan fingerprint density at radius 3 is 2.31 bits per heavy atom. The number of thiazole rings is 1. The van der Waals surface area contributed by atoms with E-state index in [1.54, 1.807) is 0 Å². The van der Waals surface area contributed by atoms with E-state index >= 15 is 0 Å². The van der Waals surface area contributed by atoms with Gasteiger partial charge in [0.05, 0.1) is 5.56 Å². The predicted octanol–water partition coefficient (Wildman–Crippen LogP) is 5.80. The molecule has 8 heteroatoms. The maximum absolute atomic E-state index is 12.6. The highest BCUT2D eigenvalue weighted by molar-refractivity contribution is 8.00. The number of hydrogen-bond donors (Lipinski definition) is 1. The molecule has 0 aliphatic heterocycles. The molecule has 0 saturated carbocycles. The number of thioether (sulfide) groups is 1. The molecule has 1 aromatic heterocycles. The van der Waals surface area contributed by atoms with Crippen LogP contribution in [0.25, 0.3) is 11.3 Å². The number of nitrogens with one attached hydrogen (secondary N) is 1. The lowest BCUT2D eigenvalue weighted by atomic mass is 10.1. The van der Waals surface area contributed by atoms with Crippen molar-refractivity contribution in [2.45, 2.75) is 10.5 Å². The zero-order valence-electron chi connectivity index (χ0n) is 13.5. The van der Waals surface area contributed by atoms with Crippen molar-refractivity contribution in [1.29, 1.82) is 0 Å². The van der Waals surface area contributed by atoms with Crippen LogP contribution in [0.3, 0.4) is 0 Å². The van der Waals surface area contributed by atoms with Gasteiger partial charge in [-0.15, -0.1) is 0 Å².